The van der Waals surface area contributed by atoms with Gasteiger partial charge in [-0.3, -0.25) is 9.71 Å². The average Bonchev–Trinajstić information content (AvgIpc) is 2.85. The maximum Gasteiger partial charge on any atom is 0.417 e. The SMILES string of the molecule is CCc1ccc(NS(=O)(=O)c2cc3oc(=O)[nH]c3cc2Cl)cc1. The van der Waals surface area contributed by atoms with E-state index in [1.165, 1.54) is 12.1 Å². The normalized spacial score (nSPS) is 11.7. The lowest BCUT2D eigenvalue weighted by atomic mass is 10.2. The molecule has 0 aliphatic heterocycles. The first kappa shape index (κ1) is 15.6. The van der Waals surface area contributed by atoms with Crippen LogP contribution < -0.4 is 10.5 Å². The molecule has 2 aromatic carbocycles. The van der Waals surface area contributed by atoms with Crippen molar-refractivity contribution in [3.05, 3.63) is 57.5 Å². The lowest BCUT2D eigenvalue weighted by Crippen LogP contribution is -2.13. The van der Waals surface area contributed by atoms with Crippen molar-refractivity contribution in [1.82, 2.24) is 4.98 Å². The van der Waals surface area contributed by atoms with Gasteiger partial charge in [0.15, 0.2) is 5.58 Å². The first-order chi connectivity index (χ1) is 10.9. The lowest BCUT2D eigenvalue weighted by molar-refractivity contribution is 0.554. The molecule has 6 nitrogen and oxygen atoms in total. The number of aromatic nitrogens is 1. The van der Waals surface area contributed by atoms with Gasteiger partial charge in [0.05, 0.1) is 10.5 Å². The van der Waals surface area contributed by atoms with Crippen LogP contribution in [0.5, 0.6) is 0 Å². The zero-order valence-electron chi connectivity index (χ0n) is 12.1. The molecule has 1 heterocycles. The Bertz CT molecular complexity index is 1020. The number of hydrogen-bond donors (Lipinski definition) is 2. The largest absolute Gasteiger partial charge is 0.417 e. The van der Waals surface area contributed by atoms with Crippen molar-refractivity contribution in [2.45, 2.75) is 18.2 Å². The molecule has 0 saturated heterocycles. The van der Waals surface area contributed by atoms with E-state index in [9.17, 15) is 13.2 Å². The smallest absolute Gasteiger partial charge is 0.408 e. The van der Waals surface area contributed by atoms with Gasteiger partial charge >= 0.3 is 5.76 Å². The lowest BCUT2D eigenvalue weighted by Gasteiger charge is -2.10. The minimum atomic E-state index is -3.90. The molecule has 0 spiro atoms. The average molecular weight is 353 g/mol. The van der Waals surface area contributed by atoms with Gasteiger partial charge in [-0.15, -0.1) is 0 Å². The Balaban J connectivity index is 2.01. The molecule has 3 rings (SSSR count). The summed E-state index contributed by atoms with van der Waals surface area (Å²) >= 11 is 6.03. The molecule has 0 fully saturated rings. The second kappa shape index (κ2) is 5.75. The Kier molecular flexibility index (Phi) is 3.91. The summed E-state index contributed by atoms with van der Waals surface area (Å²) in [6, 6.07) is 9.61. The molecule has 0 bridgehead atoms. The van der Waals surface area contributed by atoms with Crippen molar-refractivity contribution in [3.8, 4) is 0 Å². The molecule has 120 valence electrons. The third-order valence-corrected chi connectivity index (χ3v) is 5.22. The van der Waals surface area contributed by atoms with E-state index >= 15 is 0 Å². The number of aromatic amines is 1. The zero-order chi connectivity index (χ0) is 16.6. The highest BCUT2D eigenvalue weighted by Gasteiger charge is 2.20. The van der Waals surface area contributed by atoms with Crippen molar-refractivity contribution >= 4 is 38.4 Å². The van der Waals surface area contributed by atoms with Gasteiger partial charge in [0.2, 0.25) is 0 Å². The Morgan fingerprint density at radius 1 is 1.22 bits per heavy atom. The highest BCUT2D eigenvalue weighted by atomic mass is 35.5. The highest BCUT2D eigenvalue weighted by Crippen LogP contribution is 2.28. The van der Waals surface area contributed by atoms with Crippen LogP contribution in [0.1, 0.15) is 12.5 Å². The number of benzene rings is 2. The zero-order valence-corrected chi connectivity index (χ0v) is 13.7. The summed E-state index contributed by atoms with van der Waals surface area (Å²) in [5.74, 6) is -0.672. The number of fused-ring (bicyclic) bond motifs is 1. The molecule has 0 amide bonds. The van der Waals surface area contributed by atoms with Crippen LogP contribution in [0.4, 0.5) is 5.69 Å². The number of rotatable bonds is 4. The van der Waals surface area contributed by atoms with E-state index in [2.05, 4.69) is 9.71 Å². The third kappa shape index (κ3) is 3.11. The number of halogens is 1. The molecule has 0 atom stereocenters. The van der Waals surface area contributed by atoms with E-state index in [0.29, 0.717) is 11.2 Å². The summed E-state index contributed by atoms with van der Waals surface area (Å²) in [6.45, 7) is 2.01. The first-order valence-electron chi connectivity index (χ1n) is 6.83. The van der Waals surface area contributed by atoms with Crippen LogP contribution in [0.3, 0.4) is 0 Å². The summed E-state index contributed by atoms with van der Waals surface area (Å²) in [6.07, 6.45) is 0.863. The highest BCUT2D eigenvalue weighted by molar-refractivity contribution is 7.92. The van der Waals surface area contributed by atoms with Crippen LogP contribution in [0.2, 0.25) is 5.02 Å². The molecule has 2 N–H and O–H groups in total. The second-order valence-corrected chi connectivity index (χ2v) is 7.01. The van der Waals surface area contributed by atoms with Crippen LogP contribution in [0.15, 0.2) is 50.5 Å². The summed E-state index contributed by atoms with van der Waals surface area (Å²) in [7, 11) is -3.90. The van der Waals surface area contributed by atoms with Crippen LogP contribution in [-0.2, 0) is 16.4 Å². The molecular weight excluding hydrogens is 340 g/mol. The number of anilines is 1. The topological polar surface area (TPSA) is 92.2 Å². The van der Waals surface area contributed by atoms with Crippen molar-refractivity contribution in [2.75, 3.05) is 4.72 Å². The van der Waals surface area contributed by atoms with Crippen LogP contribution >= 0.6 is 11.6 Å². The van der Waals surface area contributed by atoms with E-state index in [-0.39, 0.29) is 15.5 Å². The molecule has 23 heavy (non-hydrogen) atoms. The van der Waals surface area contributed by atoms with Gasteiger partial charge in [0.25, 0.3) is 10.0 Å². The fraction of sp³-hybridized carbons (Fsp3) is 0.133. The van der Waals surface area contributed by atoms with Crippen molar-refractivity contribution in [1.29, 1.82) is 0 Å². The van der Waals surface area contributed by atoms with Crippen LogP contribution in [-0.4, -0.2) is 13.4 Å². The molecule has 0 aliphatic carbocycles. The van der Waals surface area contributed by atoms with Crippen LogP contribution in [0.25, 0.3) is 11.1 Å². The quantitative estimate of drug-likeness (QED) is 0.754. The number of sulfonamides is 1. The van der Waals surface area contributed by atoms with Crippen molar-refractivity contribution < 1.29 is 12.8 Å². The van der Waals surface area contributed by atoms with Gasteiger partial charge in [0.1, 0.15) is 4.90 Å². The molecule has 0 saturated carbocycles. The summed E-state index contributed by atoms with van der Waals surface area (Å²) in [5, 5.41) is -0.00720. The number of hydrogen-bond acceptors (Lipinski definition) is 4. The van der Waals surface area contributed by atoms with E-state index in [4.69, 9.17) is 16.0 Å². The number of aryl methyl sites for hydroxylation is 1. The fourth-order valence-corrected chi connectivity index (χ4v) is 3.78. The Morgan fingerprint density at radius 3 is 2.57 bits per heavy atom. The summed E-state index contributed by atoms with van der Waals surface area (Å²) < 4.78 is 32.3. The van der Waals surface area contributed by atoms with Crippen molar-refractivity contribution in [2.24, 2.45) is 0 Å². The molecule has 0 unspecified atom stereocenters. The Morgan fingerprint density at radius 2 is 1.91 bits per heavy atom. The summed E-state index contributed by atoms with van der Waals surface area (Å²) in [5.41, 5.74) is 1.99. The van der Waals surface area contributed by atoms with Gasteiger partial charge in [-0.25, -0.2) is 13.2 Å². The third-order valence-electron chi connectivity index (χ3n) is 3.38. The van der Waals surface area contributed by atoms with E-state index in [1.807, 2.05) is 19.1 Å². The van der Waals surface area contributed by atoms with Gasteiger partial charge in [-0.1, -0.05) is 30.7 Å². The molecule has 1 aromatic heterocycles. The van der Waals surface area contributed by atoms with Gasteiger partial charge in [-0.2, -0.15) is 0 Å². The van der Waals surface area contributed by atoms with Gasteiger partial charge in [-0.05, 0) is 30.2 Å². The van der Waals surface area contributed by atoms with E-state index in [1.54, 1.807) is 12.1 Å². The first-order valence-corrected chi connectivity index (χ1v) is 8.69. The second-order valence-electron chi connectivity index (χ2n) is 4.95. The van der Waals surface area contributed by atoms with E-state index in [0.717, 1.165) is 12.0 Å². The molecule has 0 radical (unpaired) electrons. The monoisotopic (exact) mass is 352 g/mol. The van der Waals surface area contributed by atoms with E-state index < -0.39 is 15.8 Å². The maximum absolute atomic E-state index is 12.5. The summed E-state index contributed by atoms with van der Waals surface area (Å²) in [4.78, 5) is 13.4. The molecule has 8 heteroatoms. The number of nitrogens with one attached hydrogen (secondary N) is 2. The standard InChI is InChI=1S/C15H13ClN2O4S/c1-2-9-3-5-10(6-4-9)18-23(20,21)14-8-13-12(7-11(14)16)17-15(19)22-13/h3-8,18H,2H2,1H3,(H,17,19). The number of oxazole rings is 1. The fourth-order valence-electron chi connectivity index (χ4n) is 2.18. The predicted molar refractivity (Wildman–Crippen MR) is 88.5 cm³/mol. The van der Waals surface area contributed by atoms with Gasteiger partial charge < -0.3 is 4.42 Å². The maximum atomic E-state index is 12.5. The van der Waals surface area contributed by atoms with Crippen LogP contribution in [0, 0.1) is 0 Å². The minimum Gasteiger partial charge on any atom is -0.408 e. The molecule has 0 aliphatic rings. The predicted octanol–water partition coefficient (Wildman–Crippen LogP) is 3.14. The molecule has 3 aromatic rings. The Labute approximate surface area is 137 Å². The molecular formula is C15H13ClN2O4S. The van der Waals surface area contributed by atoms with Crippen molar-refractivity contribution in [3.63, 3.8) is 0 Å². The van der Waals surface area contributed by atoms with Gasteiger partial charge in [0, 0.05) is 11.8 Å². The minimum absolute atomic E-state index is 0.00720. The Hall–Kier alpha value is -2.25. The number of H-pyrrole nitrogens is 1.